The van der Waals surface area contributed by atoms with E-state index in [4.69, 9.17) is 10.8 Å². The molecule has 22 heteroatoms. The molecular weight excluding hydrogens is 735 g/mol. The second kappa shape index (κ2) is 22.6. The van der Waals surface area contributed by atoms with Crippen molar-refractivity contribution in [3.8, 4) is 0 Å². The van der Waals surface area contributed by atoms with Crippen molar-refractivity contribution in [2.75, 3.05) is 30.1 Å². The molecule has 0 radical (unpaired) electrons. The van der Waals surface area contributed by atoms with E-state index in [0.717, 1.165) is 6.92 Å². The van der Waals surface area contributed by atoms with E-state index < -0.39 is 115 Å². The van der Waals surface area contributed by atoms with Crippen LogP contribution in [0.3, 0.4) is 0 Å². The van der Waals surface area contributed by atoms with Gasteiger partial charge in [-0.1, -0.05) is 0 Å². The molecule has 11 N–H and O–H groups in total. The molecule has 290 valence electrons. The first kappa shape index (κ1) is 45.7. The van der Waals surface area contributed by atoms with E-state index >= 15 is 0 Å². The summed E-state index contributed by atoms with van der Waals surface area (Å²) in [6.45, 7) is 2.63. The van der Waals surface area contributed by atoms with E-state index in [-0.39, 0.29) is 30.9 Å². The number of aliphatic carboxylic acids is 2. The zero-order valence-corrected chi connectivity index (χ0v) is 31.0. The summed E-state index contributed by atoms with van der Waals surface area (Å²) >= 11 is 9.19. The Hall–Kier alpha value is -3.31. The molecule has 1 aliphatic rings. The highest BCUT2D eigenvalue weighted by molar-refractivity contribution is 7.98. The van der Waals surface area contributed by atoms with Crippen molar-refractivity contribution in [2.45, 2.75) is 100 Å². The maximum absolute atomic E-state index is 13.5. The lowest BCUT2D eigenvalue weighted by Gasteiger charge is -2.30. The summed E-state index contributed by atoms with van der Waals surface area (Å²) < 4.78 is 0. The Morgan fingerprint density at radius 2 is 1.29 bits per heavy atom. The number of carboxylic acid groups (broad SMARTS) is 2. The van der Waals surface area contributed by atoms with Gasteiger partial charge in [0, 0.05) is 24.5 Å². The van der Waals surface area contributed by atoms with Crippen LogP contribution in [0, 0.1) is 0 Å². The van der Waals surface area contributed by atoms with Crippen LogP contribution in [0.5, 0.6) is 0 Å². The summed E-state index contributed by atoms with van der Waals surface area (Å²) in [5.41, 5.74) is 5.80. The van der Waals surface area contributed by atoms with Crippen LogP contribution in [0.25, 0.3) is 0 Å². The van der Waals surface area contributed by atoms with Crippen molar-refractivity contribution < 1.29 is 58.8 Å². The number of thiol groups is 2. The predicted octanol–water partition coefficient (Wildman–Crippen LogP) is -3.95. The second-order valence-corrected chi connectivity index (χ2v) is 13.6. The molecule has 6 amide bonds. The van der Waals surface area contributed by atoms with Crippen LogP contribution < -0.4 is 32.3 Å². The maximum Gasteiger partial charge on any atom is 0.327 e. The number of aliphatic hydroxyl groups is 2. The number of aliphatic hydroxyl groups excluding tert-OH is 2. The van der Waals surface area contributed by atoms with Gasteiger partial charge < -0.3 is 57.6 Å². The van der Waals surface area contributed by atoms with Crippen LogP contribution in [-0.2, 0) is 38.4 Å². The Kier molecular flexibility index (Phi) is 20.2. The average molecular weight is 784 g/mol. The van der Waals surface area contributed by atoms with Crippen LogP contribution >= 0.6 is 37.0 Å². The van der Waals surface area contributed by atoms with Gasteiger partial charge in [-0.25, -0.2) is 4.79 Å². The summed E-state index contributed by atoms with van der Waals surface area (Å²) in [5, 5.41) is 50.7. The largest absolute Gasteiger partial charge is 0.481 e. The highest BCUT2D eigenvalue weighted by Crippen LogP contribution is 2.19. The molecule has 0 aromatic carbocycles. The van der Waals surface area contributed by atoms with Gasteiger partial charge in [0.15, 0.2) is 0 Å². The van der Waals surface area contributed by atoms with Crippen molar-refractivity contribution in [2.24, 2.45) is 5.73 Å². The summed E-state index contributed by atoms with van der Waals surface area (Å²) in [4.78, 5) is 103. The molecule has 1 fully saturated rings. The van der Waals surface area contributed by atoms with Crippen LogP contribution in [0.15, 0.2) is 0 Å². The number of nitrogens with one attached hydrogen (secondary N) is 5. The molecule has 0 aromatic heterocycles. The number of amides is 6. The highest BCUT2D eigenvalue weighted by atomic mass is 32.2. The van der Waals surface area contributed by atoms with Crippen molar-refractivity contribution in [1.82, 2.24) is 31.5 Å². The number of carboxylic acids is 2. The van der Waals surface area contributed by atoms with Gasteiger partial charge in [-0.05, 0) is 51.5 Å². The van der Waals surface area contributed by atoms with E-state index in [1.54, 1.807) is 6.26 Å². The number of carbonyl (C=O) groups excluding carboxylic acids is 6. The topological polar surface area (TPSA) is 307 Å². The quantitative estimate of drug-likeness (QED) is 0.0467. The first-order chi connectivity index (χ1) is 23.9. The summed E-state index contributed by atoms with van der Waals surface area (Å²) in [5.74, 6) is -8.05. The fourth-order valence-corrected chi connectivity index (χ4v) is 5.80. The Morgan fingerprint density at radius 1 is 0.784 bits per heavy atom. The number of thioether (sulfide) groups is 1. The summed E-state index contributed by atoms with van der Waals surface area (Å²) in [6, 6.07) is -9.65. The molecule has 1 aliphatic heterocycles. The number of hydrogen-bond acceptors (Lipinski definition) is 14. The third kappa shape index (κ3) is 14.7. The normalized spacial score (nSPS) is 18.8. The van der Waals surface area contributed by atoms with Gasteiger partial charge in [0.2, 0.25) is 35.4 Å². The van der Waals surface area contributed by atoms with Crippen LogP contribution in [0.2, 0.25) is 0 Å². The molecule has 9 atom stereocenters. The van der Waals surface area contributed by atoms with Crippen molar-refractivity contribution in [3.05, 3.63) is 0 Å². The van der Waals surface area contributed by atoms with E-state index in [9.17, 15) is 53.7 Å². The summed E-state index contributed by atoms with van der Waals surface area (Å²) in [7, 11) is 0. The second-order valence-electron chi connectivity index (χ2n) is 11.9. The number of carbonyl (C=O) groups is 8. The van der Waals surface area contributed by atoms with E-state index in [1.807, 2.05) is 0 Å². The lowest BCUT2D eigenvalue weighted by atomic mass is 10.1. The molecule has 0 aliphatic carbocycles. The molecule has 1 rings (SSSR count). The predicted molar refractivity (Wildman–Crippen MR) is 191 cm³/mol. The standard InChI is InChI=1S/C29H49N7O12S3/c1-13(37)21(26(44)31-16(6-7-20(39)40)23(41)33-18(12-50)29(47)48)34-24(42)17(8-10-51-3)32-27(45)22(14(2)38)35-25(43)19-5-4-9-36(19)28(46)15(30)11-49/h13-19,21-22,37-38,49-50H,4-12,30H2,1-3H3,(H,31,44)(H,32,45)(H,33,41)(H,34,42)(H,35,43)(H,39,40)(H,47,48)/t13-,14-,15+,16+,17+,18+,19+,21+,22+/m1/s1. The van der Waals surface area contributed by atoms with Crippen molar-refractivity contribution >= 4 is 84.4 Å². The number of hydrogen-bond donors (Lipinski definition) is 12. The third-order valence-electron chi connectivity index (χ3n) is 7.80. The van der Waals surface area contributed by atoms with Gasteiger partial charge in [0.05, 0.1) is 18.2 Å². The molecule has 0 bridgehead atoms. The Bertz CT molecular complexity index is 1260. The molecule has 0 saturated carbocycles. The minimum atomic E-state index is -1.74. The number of rotatable bonds is 22. The molecule has 19 nitrogen and oxygen atoms in total. The Balaban J connectivity index is 3.17. The fraction of sp³-hybridized carbons (Fsp3) is 0.724. The minimum absolute atomic E-state index is 0.0101. The molecule has 0 unspecified atom stereocenters. The van der Waals surface area contributed by atoms with E-state index in [1.165, 1.54) is 23.6 Å². The van der Waals surface area contributed by atoms with Gasteiger partial charge in [-0.3, -0.25) is 33.6 Å². The van der Waals surface area contributed by atoms with Gasteiger partial charge in [0.1, 0.15) is 36.3 Å². The molecule has 51 heavy (non-hydrogen) atoms. The van der Waals surface area contributed by atoms with Gasteiger partial charge in [-0.15, -0.1) is 0 Å². The SMILES string of the molecule is CSCC[C@H](NC(=O)[C@@H](NC(=O)[C@@H]1CCCN1C(=O)[C@@H](N)CS)[C@@H](C)O)C(=O)N[C@H](C(=O)N[C@@H](CCC(=O)O)C(=O)N[C@@H](CS)C(=O)O)[C@@H](C)O. The van der Waals surface area contributed by atoms with Gasteiger partial charge in [0.25, 0.3) is 0 Å². The molecule has 0 aromatic rings. The zero-order valence-electron chi connectivity index (χ0n) is 28.4. The van der Waals surface area contributed by atoms with Crippen molar-refractivity contribution in [3.63, 3.8) is 0 Å². The third-order valence-corrected chi connectivity index (χ3v) is 9.20. The molecule has 1 heterocycles. The molecule has 0 spiro atoms. The minimum Gasteiger partial charge on any atom is -0.481 e. The summed E-state index contributed by atoms with van der Waals surface area (Å²) in [6.07, 6.45) is -1.64. The van der Waals surface area contributed by atoms with Crippen LogP contribution in [0.4, 0.5) is 0 Å². The highest BCUT2D eigenvalue weighted by Gasteiger charge is 2.39. The fourth-order valence-electron chi connectivity index (χ4n) is 4.93. The van der Waals surface area contributed by atoms with E-state index in [0.29, 0.717) is 12.2 Å². The maximum atomic E-state index is 13.5. The number of nitrogens with zero attached hydrogens (tertiary/aromatic N) is 1. The first-order valence-electron chi connectivity index (χ1n) is 16.0. The lowest BCUT2D eigenvalue weighted by Crippen LogP contribution is -2.62. The number of likely N-dealkylation sites (tertiary alicyclic amines) is 1. The monoisotopic (exact) mass is 783 g/mol. The van der Waals surface area contributed by atoms with Crippen LogP contribution in [0.1, 0.15) is 46.0 Å². The smallest absolute Gasteiger partial charge is 0.327 e. The van der Waals surface area contributed by atoms with Crippen molar-refractivity contribution in [1.29, 1.82) is 0 Å². The average Bonchev–Trinajstić information content (AvgIpc) is 3.57. The number of nitrogens with two attached hydrogens (primary N) is 1. The van der Waals surface area contributed by atoms with E-state index in [2.05, 4.69) is 51.8 Å². The molecular formula is C29H49N7O12S3. The Labute approximate surface area is 310 Å². The lowest BCUT2D eigenvalue weighted by molar-refractivity contribution is -0.142. The first-order valence-corrected chi connectivity index (χ1v) is 18.6. The van der Waals surface area contributed by atoms with Crippen LogP contribution in [-0.4, -0.2) is 157 Å². The molecule has 1 saturated heterocycles. The Morgan fingerprint density at radius 3 is 1.76 bits per heavy atom. The van der Waals surface area contributed by atoms with Gasteiger partial charge >= 0.3 is 11.9 Å². The van der Waals surface area contributed by atoms with Gasteiger partial charge in [-0.2, -0.15) is 37.0 Å². The zero-order chi connectivity index (χ0) is 39.0.